The summed E-state index contributed by atoms with van der Waals surface area (Å²) in [5.74, 6) is 0. The minimum Gasteiger partial charge on any atom is -0.444 e. The number of carbonyl (C=O) groups is 1. The molecule has 27 heavy (non-hydrogen) atoms. The van der Waals surface area contributed by atoms with Crippen molar-refractivity contribution < 1.29 is 9.53 Å². The van der Waals surface area contributed by atoms with Crippen LogP contribution in [0.4, 0.5) is 16.2 Å². The molecule has 1 aliphatic heterocycles. The molecule has 0 saturated carbocycles. The van der Waals surface area contributed by atoms with E-state index in [1.807, 2.05) is 57.2 Å². The van der Waals surface area contributed by atoms with Gasteiger partial charge in [-0.1, -0.05) is 36.4 Å². The molecule has 2 aromatic rings. The molecule has 0 saturated heterocycles. The maximum Gasteiger partial charge on any atom is 0.412 e. The molecule has 3 rings (SSSR count). The number of hydrogen-bond donors (Lipinski definition) is 1. The van der Waals surface area contributed by atoms with Crippen molar-refractivity contribution in [3.63, 3.8) is 0 Å². The number of rotatable bonds is 3. The van der Waals surface area contributed by atoms with Gasteiger partial charge in [-0.25, -0.2) is 4.79 Å². The zero-order chi connectivity index (χ0) is 19.4. The molecule has 0 bridgehead atoms. The number of anilines is 2. The van der Waals surface area contributed by atoms with E-state index in [1.165, 1.54) is 5.56 Å². The van der Waals surface area contributed by atoms with Crippen LogP contribution in [0.15, 0.2) is 48.5 Å². The minimum atomic E-state index is -0.559. The van der Waals surface area contributed by atoms with Crippen molar-refractivity contribution in [3.05, 3.63) is 59.7 Å². The first-order valence-corrected chi connectivity index (χ1v) is 9.19. The first kappa shape index (κ1) is 18.8. The molecule has 2 aromatic carbocycles. The van der Waals surface area contributed by atoms with Crippen LogP contribution in [-0.4, -0.2) is 17.7 Å². The number of nitriles is 1. The number of aryl methyl sites for hydroxylation is 1. The number of amides is 1. The average molecular weight is 363 g/mol. The molecule has 0 spiro atoms. The lowest BCUT2D eigenvalue weighted by Crippen LogP contribution is -2.38. The van der Waals surface area contributed by atoms with E-state index in [0.29, 0.717) is 12.2 Å². The monoisotopic (exact) mass is 363 g/mol. The number of nitrogens with one attached hydrogen (secondary N) is 1. The molecule has 0 radical (unpaired) electrons. The molecule has 1 unspecified atom stereocenters. The molecule has 0 aliphatic carbocycles. The number of carbonyl (C=O) groups excluding carboxylic acids is 1. The van der Waals surface area contributed by atoms with Crippen LogP contribution in [0.25, 0.3) is 0 Å². The zero-order valence-electron chi connectivity index (χ0n) is 16.0. The summed E-state index contributed by atoms with van der Waals surface area (Å²) in [6.07, 6.45) is 1.23. The molecular formula is C22H25N3O2. The second-order valence-corrected chi connectivity index (χ2v) is 7.72. The number of para-hydroxylation sites is 2. The summed E-state index contributed by atoms with van der Waals surface area (Å²) < 4.78 is 5.37. The standard InChI is InChI=1S/C22H25N3O2/c1-22(2,3)27-21(26)24-19-10-6-4-9-17(19)15-25-18(14-23)13-12-16-8-5-7-11-20(16)25/h4-11,18H,12-13,15H2,1-3H3,(H,24,26). The molecule has 0 fully saturated rings. The highest BCUT2D eigenvalue weighted by Gasteiger charge is 2.26. The van der Waals surface area contributed by atoms with Crippen LogP contribution in [0.1, 0.15) is 38.3 Å². The molecule has 5 nitrogen and oxygen atoms in total. The topological polar surface area (TPSA) is 65.4 Å². The van der Waals surface area contributed by atoms with Gasteiger partial charge in [0.05, 0.1) is 6.07 Å². The van der Waals surface area contributed by atoms with Crippen molar-refractivity contribution >= 4 is 17.5 Å². The fourth-order valence-corrected chi connectivity index (χ4v) is 3.33. The maximum absolute atomic E-state index is 12.2. The zero-order valence-corrected chi connectivity index (χ0v) is 16.0. The van der Waals surface area contributed by atoms with Gasteiger partial charge in [-0.3, -0.25) is 5.32 Å². The van der Waals surface area contributed by atoms with Crippen molar-refractivity contribution in [3.8, 4) is 6.07 Å². The molecule has 1 aliphatic rings. The largest absolute Gasteiger partial charge is 0.444 e. The highest BCUT2D eigenvalue weighted by atomic mass is 16.6. The molecule has 1 N–H and O–H groups in total. The van der Waals surface area contributed by atoms with Crippen LogP contribution in [0.3, 0.4) is 0 Å². The van der Waals surface area contributed by atoms with Crippen molar-refractivity contribution in [1.29, 1.82) is 5.26 Å². The Morgan fingerprint density at radius 3 is 2.67 bits per heavy atom. The summed E-state index contributed by atoms with van der Waals surface area (Å²) >= 11 is 0. The van der Waals surface area contributed by atoms with E-state index >= 15 is 0 Å². The van der Waals surface area contributed by atoms with Gasteiger partial charge in [-0.05, 0) is 56.9 Å². The van der Waals surface area contributed by atoms with Gasteiger partial charge in [0.25, 0.3) is 0 Å². The van der Waals surface area contributed by atoms with Crippen molar-refractivity contribution in [2.45, 2.75) is 51.8 Å². The predicted molar refractivity (Wildman–Crippen MR) is 107 cm³/mol. The summed E-state index contributed by atoms with van der Waals surface area (Å²) in [4.78, 5) is 14.3. The quantitative estimate of drug-likeness (QED) is 0.844. The van der Waals surface area contributed by atoms with Gasteiger partial charge in [-0.2, -0.15) is 5.26 Å². The summed E-state index contributed by atoms with van der Waals surface area (Å²) in [6.45, 7) is 6.04. The Morgan fingerprint density at radius 1 is 1.22 bits per heavy atom. The maximum atomic E-state index is 12.2. The number of fused-ring (bicyclic) bond motifs is 1. The molecule has 1 atom stereocenters. The lowest BCUT2D eigenvalue weighted by molar-refractivity contribution is 0.0636. The second kappa shape index (κ2) is 7.71. The number of benzene rings is 2. The lowest BCUT2D eigenvalue weighted by Gasteiger charge is -2.35. The highest BCUT2D eigenvalue weighted by Crippen LogP contribution is 2.33. The number of nitrogens with zero attached hydrogens (tertiary/aromatic N) is 2. The minimum absolute atomic E-state index is 0.186. The van der Waals surface area contributed by atoms with Gasteiger partial charge in [-0.15, -0.1) is 0 Å². The van der Waals surface area contributed by atoms with Crippen molar-refractivity contribution in [2.24, 2.45) is 0 Å². The van der Waals surface area contributed by atoms with E-state index in [0.717, 1.165) is 24.1 Å². The lowest BCUT2D eigenvalue weighted by atomic mass is 9.95. The Bertz CT molecular complexity index is 864. The Hall–Kier alpha value is -3.00. The van der Waals surface area contributed by atoms with Gasteiger partial charge in [0.1, 0.15) is 11.6 Å². The molecule has 5 heteroatoms. The molecule has 1 amide bonds. The first-order valence-electron chi connectivity index (χ1n) is 9.19. The van der Waals surface area contributed by atoms with E-state index in [-0.39, 0.29) is 6.04 Å². The SMILES string of the molecule is CC(C)(C)OC(=O)Nc1ccccc1CN1c2ccccc2CCC1C#N. The van der Waals surface area contributed by atoms with Gasteiger partial charge < -0.3 is 9.64 Å². The van der Waals surface area contributed by atoms with Gasteiger partial charge >= 0.3 is 6.09 Å². The van der Waals surface area contributed by atoms with Crippen LogP contribution in [0, 0.1) is 11.3 Å². The van der Waals surface area contributed by atoms with Crippen molar-refractivity contribution in [2.75, 3.05) is 10.2 Å². The van der Waals surface area contributed by atoms with Gasteiger partial charge in [0, 0.05) is 17.9 Å². The van der Waals surface area contributed by atoms with E-state index in [4.69, 9.17) is 4.74 Å². The first-order chi connectivity index (χ1) is 12.9. The molecule has 140 valence electrons. The van der Waals surface area contributed by atoms with Crippen LogP contribution in [0.5, 0.6) is 0 Å². The Labute approximate surface area is 160 Å². The second-order valence-electron chi connectivity index (χ2n) is 7.72. The molecular weight excluding hydrogens is 338 g/mol. The third kappa shape index (κ3) is 4.59. The van der Waals surface area contributed by atoms with E-state index in [1.54, 1.807) is 0 Å². The summed E-state index contributed by atoms with van der Waals surface area (Å²) in [5.41, 5.74) is 3.42. The summed E-state index contributed by atoms with van der Waals surface area (Å²) in [7, 11) is 0. The smallest absolute Gasteiger partial charge is 0.412 e. The molecule has 0 aromatic heterocycles. The van der Waals surface area contributed by atoms with E-state index in [9.17, 15) is 10.1 Å². The Morgan fingerprint density at radius 2 is 1.93 bits per heavy atom. The van der Waals surface area contributed by atoms with Crippen molar-refractivity contribution in [1.82, 2.24) is 0 Å². The Kier molecular flexibility index (Phi) is 5.36. The Balaban J connectivity index is 1.85. The van der Waals surface area contributed by atoms with Crippen LogP contribution >= 0.6 is 0 Å². The highest BCUT2D eigenvalue weighted by molar-refractivity contribution is 5.86. The fourth-order valence-electron chi connectivity index (χ4n) is 3.33. The van der Waals surface area contributed by atoms with Gasteiger partial charge in [0.2, 0.25) is 0 Å². The van der Waals surface area contributed by atoms with Crippen LogP contribution < -0.4 is 10.2 Å². The van der Waals surface area contributed by atoms with E-state index < -0.39 is 11.7 Å². The average Bonchev–Trinajstić information content (AvgIpc) is 2.62. The van der Waals surface area contributed by atoms with Crippen LogP contribution in [-0.2, 0) is 17.7 Å². The number of ether oxygens (including phenoxy) is 1. The third-order valence-corrected chi connectivity index (χ3v) is 4.51. The van der Waals surface area contributed by atoms with Gasteiger partial charge in [0.15, 0.2) is 0 Å². The molecule has 1 heterocycles. The summed E-state index contributed by atoms with van der Waals surface area (Å²) in [6, 6.07) is 18.1. The van der Waals surface area contributed by atoms with E-state index in [2.05, 4.69) is 28.4 Å². The number of hydrogen-bond acceptors (Lipinski definition) is 4. The fraction of sp³-hybridized carbons (Fsp3) is 0.364. The normalized spacial score (nSPS) is 16.2. The predicted octanol–water partition coefficient (Wildman–Crippen LogP) is 4.88. The third-order valence-electron chi connectivity index (χ3n) is 4.51. The summed E-state index contributed by atoms with van der Waals surface area (Å²) in [5, 5.41) is 12.5. The van der Waals surface area contributed by atoms with Crippen LogP contribution in [0.2, 0.25) is 0 Å².